The number of ether oxygens (including phenoxy) is 1. The smallest absolute Gasteiger partial charge is 0.387 e. The molecule has 0 aliphatic carbocycles. The molecule has 1 unspecified atom stereocenters. The SMILES string of the molecule is CC(C(N)=S)N(C)C(=O)c1ccc(OC(F)F)cc1. The Labute approximate surface area is 115 Å². The first-order valence-corrected chi connectivity index (χ1v) is 5.85. The highest BCUT2D eigenvalue weighted by Gasteiger charge is 2.19. The molecule has 0 saturated heterocycles. The maximum absolute atomic E-state index is 12.0. The summed E-state index contributed by atoms with van der Waals surface area (Å²) in [6.07, 6.45) is 0. The Hall–Kier alpha value is -1.76. The fourth-order valence-electron chi connectivity index (χ4n) is 1.35. The number of halogens is 2. The van der Waals surface area contributed by atoms with E-state index in [0.717, 1.165) is 0 Å². The van der Waals surface area contributed by atoms with E-state index in [9.17, 15) is 13.6 Å². The molecule has 0 fully saturated rings. The normalized spacial score (nSPS) is 12.1. The van der Waals surface area contributed by atoms with Crippen LogP contribution < -0.4 is 10.5 Å². The highest BCUT2D eigenvalue weighted by atomic mass is 32.1. The van der Waals surface area contributed by atoms with E-state index in [1.807, 2.05) is 0 Å². The number of rotatable bonds is 5. The lowest BCUT2D eigenvalue weighted by molar-refractivity contribution is -0.0498. The first kappa shape index (κ1) is 15.3. The van der Waals surface area contributed by atoms with E-state index in [0.29, 0.717) is 5.56 Å². The minimum Gasteiger partial charge on any atom is -0.435 e. The van der Waals surface area contributed by atoms with Crippen LogP contribution in [0.4, 0.5) is 8.78 Å². The first-order valence-electron chi connectivity index (χ1n) is 5.44. The second kappa shape index (κ2) is 6.42. The van der Waals surface area contributed by atoms with Crippen LogP contribution in [0.1, 0.15) is 17.3 Å². The second-order valence-electron chi connectivity index (χ2n) is 3.90. The third kappa shape index (κ3) is 4.13. The minimum atomic E-state index is -2.89. The number of amides is 1. The van der Waals surface area contributed by atoms with Gasteiger partial charge in [0.15, 0.2) is 0 Å². The van der Waals surface area contributed by atoms with Crippen molar-refractivity contribution in [3.8, 4) is 5.75 Å². The quantitative estimate of drug-likeness (QED) is 0.842. The van der Waals surface area contributed by atoms with Gasteiger partial charge in [0.1, 0.15) is 5.75 Å². The van der Waals surface area contributed by atoms with Crippen LogP contribution in [0.15, 0.2) is 24.3 Å². The standard InChI is InChI=1S/C12H14F2N2O2S/c1-7(10(15)19)16(2)11(17)8-3-5-9(6-4-8)18-12(13)14/h3-7,12H,1-2H3,(H2,15,19). The number of alkyl halides is 2. The summed E-state index contributed by atoms with van der Waals surface area (Å²) in [7, 11) is 1.57. The third-order valence-corrected chi connectivity index (χ3v) is 2.98. The van der Waals surface area contributed by atoms with E-state index in [-0.39, 0.29) is 22.7 Å². The van der Waals surface area contributed by atoms with Crippen LogP contribution in [0.2, 0.25) is 0 Å². The summed E-state index contributed by atoms with van der Waals surface area (Å²) < 4.78 is 28.1. The van der Waals surface area contributed by atoms with E-state index in [1.54, 1.807) is 14.0 Å². The Morgan fingerprint density at radius 1 is 1.37 bits per heavy atom. The van der Waals surface area contributed by atoms with Crippen LogP contribution in [0.3, 0.4) is 0 Å². The topological polar surface area (TPSA) is 55.6 Å². The van der Waals surface area contributed by atoms with Crippen LogP contribution in [-0.2, 0) is 0 Å². The van der Waals surface area contributed by atoms with Gasteiger partial charge in [-0.1, -0.05) is 12.2 Å². The van der Waals surface area contributed by atoms with Crippen molar-refractivity contribution in [2.45, 2.75) is 19.6 Å². The molecule has 0 aliphatic rings. The Morgan fingerprint density at radius 2 is 1.89 bits per heavy atom. The van der Waals surface area contributed by atoms with E-state index < -0.39 is 6.61 Å². The maximum atomic E-state index is 12.0. The Morgan fingerprint density at radius 3 is 2.32 bits per heavy atom. The fourth-order valence-corrected chi connectivity index (χ4v) is 1.51. The van der Waals surface area contributed by atoms with Gasteiger partial charge in [-0.25, -0.2) is 0 Å². The molecule has 0 radical (unpaired) electrons. The number of thiocarbonyl (C=S) groups is 1. The monoisotopic (exact) mass is 288 g/mol. The van der Waals surface area contributed by atoms with Gasteiger partial charge in [-0.15, -0.1) is 0 Å². The molecule has 104 valence electrons. The number of carbonyl (C=O) groups is 1. The molecule has 0 heterocycles. The molecule has 1 aromatic carbocycles. The molecular formula is C12H14F2N2O2S. The lowest BCUT2D eigenvalue weighted by Gasteiger charge is -2.24. The summed E-state index contributed by atoms with van der Waals surface area (Å²) in [5.74, 6) is -0.305. The first-order chi connectivity index (χ1) is 8.82. The predicted molar refractivity (Wildman–Crippen MR) is 71.4 cm³/mol. The Balaban J connectivity index is 2.80. The van der Waals surface area contributed by atoms with Gasteiger partial charge in [-0.2, -0.15) is 8.78 Å². The van der Waals surface area contributed by atoms with Crippen molar-refractivity contribution >= 4 is 23.1 Å². The Kier molecular flexibility index (Phi) is 5.17. The van der Waals surface area contributed by atoms with Gasteiger partial charge >= 0.3 is 6.61 Å². The lowest BCUT2D eigenvalue weighted by atomic mass is 10.1. The van der Waals surface area contributed by atoms with Crippen LogP contribution in [0.5, 0.6) is 5.75 Å². The van der Waals surface area contributed by atoms with Gasteiger partial charge in [-0.3, -0.25) is 4.79 Å². The van der Waals surface area contributed by atoms with Crippen LogP contribution in [-0.4, -0.2) is 35.5 Å². The summed E-state index contributed by atoms with van der Waals surface area (Å²) in [6, 6.07) is 5.03. The number of likely N-dealkylation sites (N-methyl/N-ethyl adjacent to an activating group) is 1. The van der Waals surface area contributed by atoms with Crippen molar-refractivity contribution in [1.82, 2.24) is 4.90 Å². The summed E-state index contributed by atoms with van der Waals surface area (Å²) in [6.45, 7) is -1.19. The number of hydrogen-bond donors (Lipinski definition) is 1. The molecule has 1 atom stereocenters. The Bertz CT molecular complexity index is 465. The lowest BCUT2D eigenvalue weighted by Crippen LogP contribution is -2.42. The average Bonchev–Trinajstić information content (AvgIpc) is 2.36. The van der Waals surface area contributed by atoms with E-state index in [1.165, 1.54) is 29.2 Å². The number of carbonyl (C=O) groups excluding carboxylic acids is 1. The summed E-state index contributed by atoms with van der Waals surface area (Å²) in [5.41, 5.74) is 5.81. The summed E-state index contributed by atoms with van der Waals surface area (Å²) in [4.78, 5) is 13.6. The van der Waals surface area contributed by atoms with E-state index >= 15 is 0 Å². The number of hydrogen-bond acceptors (Lipinski definition) is 3. The molecule has 0 spiro atoms. The fraction of sp³-hybridized carbons (Fsp3) is 0.333. The molecule has 4 nitrogen and oxygen atoms in total. The van der Waals surface area contributed by atoms with Gasteiger partial charge in [0, 0.05) is 12.6 Å². The van der Waals surface area contributed by atoms with Gasteiger partial charge in [0.25, 0.3) is 5.91 Å². The van der Waals surface area contributed by atoms with E-state index in [4.69, 9.17) is 18.0 Å². The highest BCUT2D eigenvalue weighted by Crippen LogP contribution is 2.16. The molecule has 7 heteroatoms. The molecule has 1 amide bonds. The molecule has 1 rings (SSSR count). The number of nitrogens with zero attached hydrogens (tertiary/aromatic N) is 1. The molecule has 1 aromatic rings. The zero-order valence-corrected chi connectivity index (χ0v) is 11.3. The van der Waals surface area contributed by atoms with Crippen molar-refractivity contribution < 1.29 is 18.3 Å². The van der Waals surface area contributed by atoms with Crippen molar-refractivity contribution in [3.63, 3.8) is 0 Å². The average molecular weight is 288 g/mol. The molecule has 0 aliphatic heterocycles. The summed E-state index contributed by atoms with van der Waals surface area (Å²) in [5, 5.41) is 0. The van der Waals surface area contributed by atoms with Crippen molar-refractivity contribution in [2.75, 3.05) is 7.05 Å². The number of benzene rings is 1. The highest BCUT2D eigenvalue weighted by molar-refractivity contribution is 7.80. The molecule has 0 aromatic heterocycles. The molecule has 0 bridgehead atoms. The van der Waals surface area contributed by atoms with Gasteiger partial charge in [0.2, 0.25) is 0 Å². The largest absolute Gasteiger partial charge is 0.435 e. The van der Waals surface area contributed by atoms with E-state index in [2.05, 4.69) is 4.74 Å². The van der Waals surface area contributed by atoms with Crippen molar-refractivity contribution in [2.24, 2.45) is 5.73 Å². The second-order valence-corrected chi connectivity index (χ2v) is 4.37. The van der Waals surface area contributed by atoms with Crippen LogP contribution in [0.25, 0.3) is 0 Å². The zero-order chi connectivity index (χ0) is 14.6. The van der Waals surface area contributed by atoms with Gasteiger partial charge in [0.05, 0.1) is 11.0 Å². The maximum Gasteiger partial charge on any atom is 0.387 e. The number of nitrogens with two attached hydrogens (primary N) is 1. The van der Waals surface area contributed by atoms with Crippen molar-refractivity contribution in [3.05, 3.63) is 29.8 Å². The third-order valence-electron chi connectivity index (χ3n) is 2.64. The molecule has 0 saturated carbocycles. The van der Waals surface area contributed by atoms with Crippen molar-refractivity contribution in [1.29, 1.82) is 0 Å². The molecule has 19 heavy (non-hydrogen) atoms. The van der Waals surface area contributed by atoms with Crippen LogP contribution >= 0.6 is 12.2 Å². The molecule has 2 N–H and O–H groups in total. The minimum absolute atomic E-state index is 0.00315. The van der Waals surface area contributed by atoms with Gasteiger partial charge in [-0.05, 0) is 31.2 Å². The predicted octanol–water partition coefficient (Wildman–Crippen LogP) is 2.03. The zero-order valence-electron chi connectivity index (χ0n) is 10.5. The van der Waals surface area contributed by atoms with Gasteiger partial charge < -0.3 is 15.4 Å². The van der Waals surface area contributed by atoms with Crippen LogP contribution in [0, 0.1) is 0 Å². The molecular weight excluding hydrogens is 274 g/mol. The summed E-state index contributed by atoms with van der Waals surface area (Å²) >= 11 is 4.81.